The predicted octanol–water partition coefficient (Wildman–Crippen LogP) is 1.67. The molecular formula is C8H8ClNO5S. The first kappa shape index (κ1) is 12.7. The lowest BCUT2D eigenvalue weighted by Crippen LogP contribution is -2.01. The van der Waals surface area contributed by atoms with Gasteiger partial charge in [0.05, 0.1) is 17.8 Å². The zero-order valence-corrected chi connectivity index (χ0v) is 9.79. The Hall–Kier alpha value is -1.34. The Balaban J connectivity index is 3.26. The molecule has 0 N–H and O–H groups in total. The van der Waals surface area contributed by atoms with Gasteiger partial charge in [0.25, 0.3) is 5.69 Å². The van der Waals surface area contributed by atoms with Crippen LogP contribution in [0.2, 0.25) is 0 Å². The van der Waals surface area contributed by atoms with Gasteiger partial charge in [-0.15, -0.1) is 0 Å². The second-order valence-electron chi connectivity index (χ2n) is 2.93. The fourth-order valence-corrected chi connectivity index (χ4v) is 2.12. The number of nitro benzene ring substituents is 1. The van der Waals surface area contributed by atoms with Crippen molar-refractivity contribution in [1.82, 2.24) is 0 Å². The summed E-state index contributed by atoms with van der Waals surface area (Å²) in [5, 5.41) is 10.6. The quantitative estimate of drug-likeness (QED) is 0.469. The van der Waals surface area contributed by atoms with Crippen LogP contribution in [-0.2, 0) is 14.8 Å². The molecule has 1 aromatic carbocycles. The highest BCUT2D eigenvalue weighted by Gasteiger charge is 2.19. The van der Waals surface area contributed by atoms with Crippen LogP contribution in [0.3, 0.4) is 0 Å². The summed E-state index contributed by atoms with van der Waals surface area (Å²) in [6.45, 7) is 0. The van der Waals surface area contributed by atoms with Crippen molar-refractivity contribution in [3.8, 4) is 5.75 Å². The third-order valence-electron chi connectivity index (χ3n) is 1.81. The van der Waals surface area contributed by atoms with Crippen LogP contribution in [0.25, 0.3) is 0 Å². The van der Waals surface area contributed by atoms with Gasteiger partial charge in [0.2, 0.25) is 9.05 Å². The number of nitrogens with zero attached hydrogens (tertiary/aromatic N) is 1. The van der Waals surface area contributed by atoms with Crippen LogP contribution in [0, 0.1) is 10.1 Å². The largest absolute Gasteiger partial charge is 0.497 e. The van der Waals surface area contributed by atoms with Gasteiger partial charge in [0.1, 0.15) is 5.75 Å². The number of hydrogen-bond acceptors (Lipinski definition) is 5. The SMILES string of the molecule is COc1ccc([N+](=O)[O-])c(CS(=O)(=O)Cl)c1. The van der Waals surface area contributed by atoms with Gasteiger partial charge in [-0.25, -0.2) is 8.42 Å². The molecule has 0 heterocycles. The van der Waals surface area contributed by atoms with E-state index in [0.717, 1.165) is 0 Å². The Labute approximate surface area is 96.4 Å². The molecule has 0 aliphatic heterocycles. The summed E-state index contributed by atoms with van der Waals surface area (Å²) in [6.07, 6.45) is 0. The Kier molecular flexibility index (Phi) is 3.71. The number of nitro groups is 1. The second-order valence-corrected chi connectivity index (χ2v) is 5.71. The second kappa shape index (κ2) is 4.67. The maximum atomic E-state index is 10.9. The van der Waals surface area contributed by atoms with Gasteiger partial charge in [0.15, 0.2) is 0 Å². The maximum Gasteiger partial charge on any atom is 0.273 e. The molecular weight excluding hydrogens is 258 g/mol. The van der Waals surface area contributed by atoms with Gasteiger partial charge < -0.3 is 4.74 Å². The molecule has 8 heteroatoms. The van der Waals surface area contributed by atoms with E-state index >= 15 is 0 Å². The van der Waals surface area contributed by atoms with E-state index in [1.807, 2.05) is 0 Å². The minimum atomic E-state index is -3.85. The predicted molar refractivity (Wildman–Crippen MR) is 58.1 cm³/mol. The molecule has 0 unspecified atom stereocenters. The lowest BCUT2D eigenvalue weighted by atomic mass is 10.2. The molecule has 0 saturated carbocycles. The summed E-state index contributed by atoms with van der Waals surface area (Å²) in [5.74, 6) is -0.275. The molecule has 0 aliphatic carbocycles. The first-order valence-electron chi connectivity index (χ1n) is 4.07. The summed E-state index contributed by atoms with van der Waals surface area (Å²) >= 11 is 0. The van der Waals surface area contributed by atoms with Crippen LogP contribution in [0.5, 0.6) is 5.75 Å². The fourth-order valence-electron chi connectivity index (χ4n) is 1.17. The molecule has 0 fully saturated rings. The number of rotatable bonds is 4. The van der Waals surface area contributed by atoms with Crippen LogP contribution >= 0.6 is 10.7 Å². The lowest BCUT2D eigenvalue weighted by Gasteiger charge is -2.03. The fraction of sp³-hybridized carbons (Fsp3) is 0.250. The normalized spacial score (nSPS) is 11.1. The van der Waals surface area contributed by atoms with Gasteiger partial charge in [-0.1, -0.05) is 0 Å². The highest BCUT2D eigenvalue weighted by atomic mass is 35.7. The minimum absolute atomic E-state index is 0.000602. The zero-order chi connectivity index (χ0) is 12.3. The summed E-state index contributed by atoms with van der Waals surface area (Å²) in [7, 11) is 2.58. The van der Waals surface area contributed by atoms with Gasteiger partial charge in [0, 0.05) is 22.3 Å². The van der Waals surface area contributed by atoms with Gasteiger partial charge in [-0.2, -0.15) is 0 Å². The molecule has 0 amide bonds. The highest BCUT2D eigenvalue weighted by molar-refractivity contribution is 8.13. The zero-order valence-electron chi connectivity index (χ0n) is 8.21. The molecule has 88 valence electrons. The topological polar surface area (TPSA) is 86.5 Å². The molecule has 1 aromatic rings. The average Bonchev–Trinajstić information content (AvgIpc) is 2.14. The molecule has 0 aromatic heterocycles. The maximum absolute atomic E-state index is 10.9. The van der Waals surface area contributed by atoms with Gasteiger partial charge >= 0.3 is 0 Å². The van der Waals surface area contributed by atoms with Crippen LogP contribution in [0.15, 0.2) is 18.2 Å². The van der Waals surface area contributed by atoms with Crippen molar-refractivity contribution in [2.45, 2.75) is 5.75 Å². The van der Waals surface area contributed by atoms with Crippen LogP contribution in [0.1, 0.15) is 5.56 Å². The molecule has 16 heavy (non-hydrogen) atoms. The average molecular weight is 266 g/mol. The third-order valence-corrected chi connectivity index (χ3v) is 2.79. The molecule has 0 saturated heterocycles. The molecule has 0 atom stereocenters. The summed E-state index contributed by atoms with van der Waals surface area (Å²) in [5.41, 5.74) is -0.302. The van der Waals surface area contributed by atoms with Crippen molar-refractivity contribution in [3.05, 3.63) is 33.9 Å². The van der Waals surface area contributed by atoms with Crippen molar-refractivity contribution >= 4 is 25.4 Å². The standard InChI is InChI=1S/C8H8ClNO5S/c1-15-7-2-3-8(10(11)12)6(4-7)5-16(9,13)14/h2-4H,5H2,1H3. The van der Waals surface area contributed by atoms with E-state index in [9.17, 15) is 18.5 Å². The van der Waals surface area contributed by atoms with Crippen molar-refractivity contribution < 1.29 is 18.1 Å². The minimum Gasteiger partial charge on any atom is -0.497 e. The molecule has 0 spiro atoms. The van der Waals surface area contributed by atoms with E-state index < -0.39 is 19.7 Å². The van der Waals surface area contributed by atoms with Crippen LogP contribution in [0.4, 0.5) is 5.69 Å². The number of ether oxygens (including phenoxy) is 1. The van der Waals surface area contributed by atoms with E-state index in [4.69, 9.17) is 15.4 Å². The van der Waals surface area contributed by atoms with Crippen molar-refractivity contribution in [2.75, 3.05) is 7.11 Å². The summed E-state index contributed by atoms with van der Waals surface area (Å²) < 4.78 is 26.6. The van der Waals surface area contributed by atoms with E-state index in [1.54, 1.807) is 0 Å². The molecule has 0 bridgehead atoms. The van der Waals surface area contributed by atoms with Crippen molar-refractivity contribution in [1.29, 1.82) is 0 Å². The molecule has 6 nitrogen and oxygen atoms in total. The van der Waals surface area contributed by atoms with Crippen molar-refractivity contribution in [3.63, 3.8) is 0 Å². The Morgan fingerprint density at radius 3 is 2.56 bits per heavy atom. The Bertz CT molecular complexity index is 513. The van der Waals surface area contributed by atoms with E-state index in [-0.39, 0.29) is 11.3 Å². The summed E-state index contributed by atoms with van der Waals surface area (Å²) in [4.78, 5) is 9.96. The molecule has 0 radical (unpaired) electrons. The first-order chi connectivity index (χ1) is 7.33. The Morgan fingerprint density at radius 1 is 1.50 bits per heavy atom. The van der Waals surface area contributed by atoms with Crippen LogP contribution < -0.4 is 4.74 Å². The first-order valence-corrected chi connectivity index (χ1v) is 6.55. The highest BCUT2D eigenvalue weighted by Crippen LogP contribution is 2.26. The number of methoxy groups -OCH3 is 1. The number of hydrogen-bond donors (Lipinski definition) is 0. The van der Waals surface area contributed by atoms with E-state index in [2.05, 4.69) is 0 Å². The van der Waals surface area contributed by atoms with Gasteiger partial charge in [-0.05, 0) is 12.1 Å². The smallest absolute Gasteiger partial charge is 0.273 e. The number of halogens is 1. The van der Waals surface area contributed by atoms with Crippen LogP contribution in [-0.4, -0.2) is 20.5 Å². The summed E-state index contributed by atoms with van der Waals surface area (Å²) in [6, 6.07) is 3.83. The van der Waals surface area contributed by atoms with E-state index in [0.29, 0.717) is 5.75 Å². The van der Waals surface area contributed by atoms with E-state index in [1.165, 1.54) is 25.3 Å². The number of benzene rings is 1. The van der Waals surface area contributed by atoms with Gasteiger partial charge in [-0.3, -0.25) is 10.1 Å². The molecule has 0 aliphatic rings. The molecule has 1 rings (SSSR count). The Morgan fingerprint density at radius 2 is 2.12 bits per heavy atom. The third kappa shape index (κ3) is 3.35. The van der Waals surface area contributed by atoms with Crippen molar-refractivity contribution in [2.24, 2.45) is 0 Å². The monoisotopic (exact) mass is 265 g/mol. The lowest BCUT2D eigenvalue weighted by molar-refractivity contribution is -0.385.